The minimum atomic E-state index is 0.913. The molecule has 0 amide bonds. The first-order valence-electron chi connectivity index (χ1n) is 6.76. The molecule has 0 aromatic rings. The Labute approximate surface area is 100.0 Å². The van der Waals surface area contributed by atoms with Crippen molar-refractivity contribution >= 4 is 0 Å². The monoisotopic (exact) mass is 220 g/mol. The Morgan fingerprint density at radius 3 is 2.31 bits per heavy atom. The fourth-order valence-electron chi connectivity index (χ4n) is 2.95. The Hall–Kier alpha value is -0.520. The van der Waals surface area contributed by atoms with Crippen LogP contribution in [-0.2, 0) is 0 Å². The number of likely N-dealkylation sites (tertiary alicyclic amines) is 2. The van der Waals surface area contributed by atoms with Crippen LogP contribution in [-0.4, -0.2) is 49.1 Å². The summed E-state index contributed by atoms with van der Waals surface area (Å²) in [4.78, 5) is 5.18. The van der Waals surface area contributed by atoms with Crippen molar-refractivity contribution in [1.29, 1.82) is 0 Å². The average molecular weight is 220 g/mol. The second kappa shape index (κ2) is 6.27. The van der Waals surface area contributed by atoms with Crippen LogP contribution in [0.2, 0.25) is 0 Å². The normalized spacial score (nSPS) is 24.7. The molecule has 0 radical (unpaired) electrons. The maximum Gasteiger partial charge on any atom is 0.0214 e. The zero-order valence-electron chi connectivity index (χ0n) is 10.3. The molecule has 0 atom stereocenters. The summed E-state index contributed by atoms with van der Waals surface area (Å²) in [6.45, 7) is 7.67. The minimum absolute atomic E-state index is 0.913. The van der Waals surface area contributed by atoms with E-state index in [9.17, 15) is 0 Å². The first-order valence-corrected chi connectivity index (χ1v) is 6.76. The van der Waals surface area contributed by atoms with Crippen molar-refractivity contribution in [2.45, 2.75) is 32.1 Å². The highest BCUT2D eigenvalue weighted by atomic mass is 15.2. The summed E-state index contributed by atoms with van der Waals surface area (Å²) in [5, 5.41) is 0. The lowest BCUT2D eigenvalue weighted by atomic mass is 9.96. The largest absolute Gasteiger partial charge is 0.303 e. The van der Waals surface area contributed by atoms with Crippen LogP contribution in [0.3, 0.4) is 0 Å². The smallest absolute Gasteiger partial charge is 0.0214 e. The Morgan fingerprint density at radius 2 is 1.69 bits per heavy atom. The first-order chi connectivity index (χ1) is 7.88. The van der Waals surface area contributed by atoms with E-state index in [1.165, 1.54) is 58.4 Å². The molecule has 0 aromatic carbocycles. The number of hydrogen-bond donors (Lipinski definition) is 0. The quantitative estimate of drug-likeness (QED) is 0.667. The van der Waals surface area contributed by atoms with Gasteiger partial charge in [0.15, 0.2) is 0 Å². The van der Waals surface area contributed by atoms with Crippen molar-refractivity contribution in [3.8, 4) is 12.3 Å². The third-order valence-corrected chi connectivity index (χ3v) is 3.99. The summed E-state index contributed by atoms with van der Waals surface area (Å²) < 4.78 is 0. The van der Waals surface area contributed by atoms with Gasteiger partial charge in [-0.1, -0.05) is 0 Å². The molecule has 2 rings (SSSR count). The van der Waals surface area contributed by atoms with Gasteiger partial charge in [-0.05, 0) is 57.8 Å². The summed E-state index contributed by atoms with van der Waals surface area (Å²) in [6, 6.07) is 0. The van der Waals surface area contributed by atoms with E-state index in [0.717, 1.165) is 18.9 Å². The van der Waals surface area contributed by atoms with Crippen LogP contribution < -0.4 is 0 Å². The maximum atomic E-state index is 5.30. The summed E-state index contributed by atoms with van der Waals surface area (Å²) in [7, 11) is 0. The Balaban J connectivity index is 1.63. The van der Waals surface area contributed by atoms with E-state index in [1.54, 1.807) is 0 Å². The molecule has 90 valence electrons. The first kappa shape index (κ1) is 12.0. The van der Waals surface area contributed by atoms with Crippen LogP contribution in [0.1, 0.15) is 32.1 Å². The lowest BCUT2D eigenvalue weighted by Gasteiger charge is -2.33. The van der Waals surface area contributed by atoms with Crippen molar-refractivity contribution in [3.05, 3.63) is 0 Å². The third kappa shape index (κ3) is 3.50. The van der Waals surface area contributed by atoms with Gasteiger partial charge in [-0.3, -0.25) is 0 Å². The zero-order valence-corrected chi connectivity index (χ0v) is 10.3. The van der Waals surface area contributed by atoms with Gasteiger partial charge in [-0.2, -0.15) is 0 Å². The lowest BCUT2D eigenvalue weighted by molar-refractivity contribution is 0.156. The summed E-state index contributed by atoms with van der Waals surface area (Å²) in [5.74, 6) is 3.68. The fourth-order valence-corrected chi connectivity index (χ4v) is 2.95. The molecule has 2 nitrogen and oxygen atoms in total. The second-order valence-electron chi connectivity index (χ2n) is 5.25. The average Bonchev–Trinajstić information content (AvgIpc) is 2.81. The number of nitrogens with zero attached hydrogens (tertiary/aromatic N) is 2. The molecule has 16 heavy (non-hydrogen) atoms. The molecule has 0 unspecified atom stereocenters. The van der Waals surface area contributed by atoms with Crippen molar-refractivity contribution in [2.24, 2.45) is 5.92 Å². The van der Waals surface area contributed by atoms with E-state index < -0.39 is 0 Å². The predicted molar refractivity (Wildman–Crippen MR) is 68.3 cm³/mol. The molecule has 2 heterocycles. The molecular weight excluding hydrogens is 196 g/mol. The molecule has 0 N–H and O–H groups in total. The number of piperidine rings is 1. The summed E-state index contributed by atoms with van der Waals surface area (Å²) in [5.41, 5.74) is 0. The van der Waals surface area contributed by atoms with Gasteiger partial charge >= 0.3 is 0 Å². The van der Waals surface area contributed by atoms with Gasteiger partial charge in [0.2, 0.25) is 0 Å². The van der Waals surface area contributed by atoms with Crippen LogP contribution in [0, 0.1) is 18.3 Å². The van der Waals surface area contributed by atoms with Crippen molar-refractivity contribution in [1.82, 2.24) is 9.80 Å². The standard InChI is InChI=1S/C14H24N2/c1-2-3-8-15-11-6-14(7-12-15)13-16-9-4-5-10-16/h1,14H,3-13H2. The van der Waals surface area contributed by atoms with Crippen LogP contribution in [0.15, 0.2) is 0 Å². The van der Waals surface area contributed by atoms with Crippen LogP contribution >= 0.6 is 0 Å². The van der Waals surface area contributed by atoms with Gasteiger partial charge in [0.05, 0.1) is 0 Å². The highest BCUT2D eigenvalue weighted by molar-refractivity contribution is 4.86. The van der Waals surface area contributed by atoms with Gasteiger partial charge in [0.1, 0.15) is 0 Å². The summed E-state index contributed by atoms with van der Waals surface area (Å²) in [6.07, 6.45) is 11.8. The number of terminal acetylenes is 1. The van der Waals surface area contributed by atoms with Crippen LogP contribution in [0.25, 0.3) is 0 Å². The molecule has 0 aliphatic carbocycles. The van der Waals surface area contributed by atoms with Crippen molar-refractivity contribution in [3.63, 3.8) is 0 Å². The van der Waals surface area contributed by atoms with E-state index in [-0.39, 0.29) is 0 Å². The SMILES string of the molecule is C#CCCN1CCC(CN2CCCC2)CC1. The molecule has 0 saturated carbocycles. The molecule has 2 aliphatic rings. The highest BCUT2D eigenvalue weighted by Gasteiger charge is 2.22. The number of hydrogen-bond acceptors (Lipinski definition) is 2. The molecule has 0 bridgehead atoms. The number of rotatable bonds is 4. The predicted octanol–water partition coefficient (Wildman–Crippen LogP) is 1.82. The lowest BCUT2D eigenvalue weighted by Crippen LogP contribution is -2.38. The van der Waals surface area contributed by atoms with E-state index >= 15 is 0 Å². The Morgan fingerprint density at radius 1 is 1.00 bits per heavy atom. The van der Waals surface area contributed by atoms with Gasteiger partial charge in [-0.15, -0.1) is 12.3 Å². The maximum absolute atomic E-state index is 5.30. The third-order valence-electron chi connectivity index (χ3n) is 3.99. The van der Waals surface area contributed by atoms with Gasteiger partial charge < -0.3 is 9.80 Å². The van der Waals surface area contributed by atoms with E-state index in [0.29, 0.717) is 0 Å². The molecule has 2 saturated heterocycles. The molecular formula is C14H24N2. The van der Waals surface area contributed by atoms with Crippen molar-refractivity contribution < 1.29 is 0 Å². The fraction of sp³-hybridized carbons (Fsp3) is 0.857. The van der Waals surface area contributed by atoms with E-state index in [2.05, 4.69) is 15.7 Å². The second-order valence-corrected chi connectivity index (χ2v) is 5.25. The minimum Gasteiger partial charge on any atom is -0.303 e. The Bertz CT molecular complexity index is 230. The summed E-state index contributed by atoms with van der Waals surface area (Å²) >= 11 is 0. The van der Waals surface area contributed by atoms with Crippen molar-refractivity contribution in [2.75, 3.05) is 39.3 Å². The molecule has 2 aliphatic heterocycles. The van der Waals surface area contributed by atoms with Crippen LogP contribution in [0.4, 0.5) is 0 Å². The van der Waals surface area contributed by atoms with E-state index in [1.807, 2.05) is 0 Å². The zero-order chi connectivity index (χ0) is 11.2. The van der Waals surface area contributed by atoms with Gasteiger partial charge in [-0.25, -0.2) is 0 Å². The molecule has 2 heteroatoms. The van der Waals surface area contributed by atoms with E-state index in [4.69, 9.17) is 6.42 Å². The molecule has 0 aromatic heterocycles. The molecule has 0 spiro atoms. The highest BCUT2D eigenvalue weighted by Crippen LogP contribution is 2.20. The van der Waals surface area contributed by atoms with Gasteiger partial charge in [0.25, 0.3) is 0 Å². The van der Waals surface area contributed by atoms with Crippen LogP contribution in [0.5, 0.6) is 0 Å². The Kier molecular flexibility index (Phi) is 4.69. The topological polar surface area (TPSA) is 6.48 Å². The van der Waals surface area contributed by atoms with Gasteiger partial charge in [0, 0.05) is 19.5 Å². The molecule has 2 fully saturated rings.